The predicted octanol–water partition coefficient (Wildman–Crippen LogP) is 5.90. The minimum absolute atomic E-state index is 0.205. The van der Waals surface area contributed by atoms with Crippen LogP contribution in [0.4, 0.5) is 0 Å². The maximum Gasteiger partial charge on any atom is 0.364 e. The molecule has 3 saturated heterocycles. The molecule has 0 aromatic heterocycles. The molecule has 2 amide bonds. The molecule has 3 heterocycles. The Labute approximate surface area is 531 Å². The summed E-state index contributed by atoms with van der Waals surface area (Å²) < 4.78 is 34.8. The van der Waals surface area contributed by atoms with Crippen molar-refractivity contribution in [2.75, 3.05) is 26.4 Å². The third kappa shape index (κ3) is 30.2. The number of carbonyl (C=O) groups is 3. The molecule has 18 unspecified atom stereocenters. The summed E-state index contributed by atoms with van der Waals surface area (Å²) in [6.45, 7) is 2.15. The Kier molecular flexibility index (Phi) is 43.0. The van der Waals surface area contributed by atoms with E-state index in [0.29, 0.717) is 12.8 Å². The van der Waals surface area contributed by atoms with Gasteiger partial charge in [0.2, 0.25) is 11.8 Å². The van der Waals surface area contributed by atoms with Gasteiger partial charge in [0.1, 0.15) is 67.1 Å². The Morgan fingerprint density at radius 1 is 0.584 bits per heavy atom. The summed E-state index contributed by atoms with van der Waals surface area (Å²) in [5.74, 6) is -6.14. The Bertz CT molecular complexity index is 1860. The highest BCUT2D eigenvalue weighted by Crippen LogP contribution is 2.39. The Hall–Kier alpha value is -2.53. The first-order valence-corrected chi connectivity index (χ1v) is 34.6. The second kappa shape index (κ2) is 47.4. The number of carbonyl (C=O) groups excluding carboxylic acids is 2. The van der Waals surface area contributed by atoms with E-state index in [-0.39, 0.29) is 12.3 Å². The van der Waals surface area contributed by atoms with E-state index in [1.807, 2.05) is 6.08 Å². The largest absolute Gasteiger partial charge is 0.477 e. The summed E-state index contributed by atoms with van der Waals surface area (Å²) in [6.07, 6.45) is 15.4. The SMILES string of the molecule is CCCCCCCCCCCCCCC/C=C/C(O)C(COC1OC(CO)C(OC2OC(CO)C(O)C(OC3(C(=O)O)CC(O)C(NC(C)=O)C(C(O)C(O)CO)O3)C2O)C(O)C1O)NC(=O)CCCCCCCCCCCCCCCCCCCCCC. The summed E-state index contributed by atoms with van der Waals surface area (Å²) in [5, 5.41) is 136. The first-order valence-electron chi connectivity index (χ1n) is 34.6. The highest BCUT2D eigenvalue weighted by molar-refractivity contribution is 5.77. The van der Waals surface area contributed by atoms with Crippen LogP contribution in [0.25, 0.3) is 0 Å². The zero-order chi connectivity index (χ0) is 65.4. The normalized spacial score (nSPS) is 28.8. The number of aliphatic hydroxyl groups is 11. The average molecular weight is 1280 g/mol. The van der Waals surface area contributed by atoms with Crippen molar-refractivity contribution < 1.29 is 104 Å². The molecule has 522 valence electrons. The topological polar surface area (TPSA) is 373 Å². The molecule has 3 aliphatic heterocycles. The Balaban J connectivity index is 1.60. The number of unbranched alkanes of at least 4 members (excludes halogenated alkanes) is 32. The lowest BCUT2D eigenvalue weighted by Gasteiger charge is -2.50. The Morgan fingerprint density at radius 3 is 1.49 bits per heavy atom. The monoisotopic (exact) mass is 1280 g/mol. The van der Waals surface area contributed by atoms with Crippen LogP contribution in [-0.2, 0) is 42.8 Å². The second-order valence-electron chi connectivity index (χ2n) is 25.4. The lowest BCUT2D eigenvalue weighted by atomic mass is 9.88. The maximum absolute atomic E-state index is 13.4. The molecular formula is C66H122N2O21. The lowest BCUT2D eigenvalue weighted by Crippen LogP contribution is -2.70. The summed E-state index contributed by atoms with van der Waals surface area (Å²) in [5.41, 5.74) is 0. The number of aliphatic carboxylic acids is 1. The molecule has 23 heteroatoms. The highest BCUT2D eigenvalue weighted by Gasteiger charge is 2.60. The van der Waals surface area contributed by atoms with E-state index >= 15 is 0 Å². The van der Waals surface area contributed by atoms with Gasteiger partial charge in [-0.1, -0.05) is 225 Å². The fourth-order valence-corrected chi connectivity index (χ4v) is 12.2. The molecule has 0 spiro atoms. The number of nitrogens with one attached hydrogen (secondary N) is 2. The number of ether oxygens (including phenoxy) is 6. The van der Waals surface area contributed by atoms with Crippen molar-refractivity contribution >= 4 is 17.8 Å². The molecule has 0 radical (unpaired) electrons. The highest BCUT2D eigenvalue weighted by atomic mass is 16.8. The summed E-state index contributed by atoms with van der Waals surface area (Å²) >= 11 is 0. The molecule has 0 aromatic rings. The maximum atomic E-state index is 13.4. The molecule has 0 bridgehead atoms. The molecule has 0 aromatic carbocycles. The second-order valence-corrected chi connectivity index (χ2v) is 25.4. The quantitative estimate of drug-likeness (QED) is 0.0249. The first kappa shape index (κ1) is 80.7. The van der Waals surface area contributed by atoms with Gasteiger partial charge < -0.3 is 100 Å². The molecule has 18 atom stereocenters. The number of allylic oxidation sites excluding steroid dienone is 1. The number of rotatable bonds is 52. The van der Waals surface area contributed by atoms with Gasteiger partial charge in [-0.05, 0) is 19.3 Å². The van der Waals surface area contributed by atoms with Gasteiger partial charge in [0.05, 0.1) is 50.7 Å². The third-order valence-electron chi connectivity index (χ3n) is 17.7. The van der Waals surface area contributed by atoms with Crippen molar-refractivity contribution in [1.82, 2.24) is 10.6 Å². The van der Waals surface area contributed by atoms with Gasteiger partial charge in [0.25, 0.3) is 5.79 Å². The molecule has 3 rings (SSSR count). The van der Waals surface area contributed by atoms with Gasteiger partial charge in [-0.2, -0.15) is 0 Å². The van der Waals surface area contributed by atoms with Gasteiger partial charge in [-0.25, -0.2) is 4.79 Å². The zero-order valence-electron chi connectivity index (χ0n) is 54.3. The molecule has 3 aliphatic rings. The van der Waals surface area contributed by atoms with E-state index < -0.39 is 155 Å². The summed E-state index contributed by atoms with van der Waals surface area (Å²) in [7, 11) is 0. The van der Waals surface area contributed by atoms with E-state index in [1.165, 1.54) is 161 Å². The van der Waals surface area contributed by atoms with Crippen LogP contribution >= 0.6 is 0 Å². The molecule has 0 aliphatic carbocycles. The van der Waals surface area contributed by atoms with Crippen LogP contribution in [0.15, 0.2) is 12.2 Å². The van der Waals surface area contributed by atoms with Crippen molar-refractivity contribution in [2.24, 2.45) is 0 Å². The molecular weight excluding hydrogens is 1160 g/mol. The van der Waals surface area contributed by atoms with Gasteiger partial charge in [0, 0.05) is 19.8 Å². The summed E-state index contributed by atoms with van der Waals surface area (Å²) in [6, 6.07) is -2.61. The van der Waals surface area contributed by atoms with Crippen LogP contribution in [0, 0.1) is 0 Å². The fraction of sp³-hybridized carbons (Fsp3) is 0.924. The number of hydrogen-bond donors (Lipinski definition) is 14. The van der Waals surface area contributed by atoms with E-state index in [4.69, 9.17) is 28.4 Å². The number of carboxylic acids is 1. The Morgan fingerprint density at radius 2 is 1.04 bits per heavy atom. The minimum Gasteiger partial charge on any atom is -0.477 e. The van der Waals surface area contributed by atoms with Crippen LogP contribution in [0.2, 0.25) is 0 Å². The predicted molar refractivity (Wildman–Crippen MR) is 334 cm³/mol. The van der Waals surface area contributed by atoms with Gasteiger partial charge in [-0.15, -0.1) is 0 Å². The van der Waals surface area contributed by atoms with Gasteiger partial charge >= 0.3 is 5.97 Å². The van der Waals surface area contributed by atoms with Crippen molar-refractivity contribution in [1.29, 1.82) is 0 Å². The molecule has 23 nitrogen and oxygen atoms in total. The van der Waals surface area contributed by atoms with Crippen LogP contribution in [0.1, 0.15) is 252 Å². The van der Waals surface area contributed by atoms with Crippen molar-refractivity contribution in [3.05, 3.63) is 12.2 Å². The van der Waals surface area contributed by atoms with Crippen LogP contribution in [0.3, 0.4) is 0 Å². The van der Waals surface area contributed by atoms with Crippen molar-refractivity contribution in [3.63, 3.8) is 0 Å². The van der Waals surface area contributed by atoms with Crippen molar-refractivity contribution in [2.45, 2.75) is 362 Å². The average Bonchev–Trinajstić information content (AvgIpc) is 0.824. The van der Waals surface area contributed by atoms with Crippen LogP contribution < -0.4 is 10.6 Å². The molecule has 3 fully saturated rings. The summed E-state index contributed by atoms with van der Waals surface area (Å²) in [4.78, 5) is 38.5. The first-order chi connectivity index (χ1) is 42.9. The van der Waals surface area contributed by atoms with E-state index in [0.717, 1.165) is 51.9 Å². The minimum atomic E-state index is -3.08. The smallest absolute Gasteiger partial charge is 0.364 e. The number of carboxylic acid groups (broad SMARTS) is 1. The number of aliphatic hydroxyl groups excluding tert-OH is 11. The number of amides is 2. The van der Waals surface area contributed by atoms with E-state index in [9.17, 15) is 75.7 Å². The fourth-order valence-electron chi connectivity index (χ4n) is 12.2. The van der Waals surface area contributed by atoms with E-state index in [1.54, 1.807) is 6.08 Å². The van der Waals surface area contributed by atoms with Crippen LogP contribution in [0.5, 0.6) is 0 Å². The van der Waals surface area contributed by atoms with Gasteiger partial charge in [0.15, 0.2) is 12.6 Å². The molecule has 14 N–H and O–H groups in total. The van der Waals surface area contributed by atoms with E-state index in [2.05, 4.69) is 24.5 Å². The standard InChI is InChI=1S/C66H122N2O21/c1-4-6-8-10-12-14-16-18-20-21-22-23-24-26-28-30-32-34-36-38-40-53(76)68-47(48(73)39-37-35-33-31-29-27-25-19-17-15-13-11-9-7-5-2)45-84-63-58(80)57(79)60(52(44-71)86-63)87-64-59(81)62(56(78)51(43-70)85-64)89-66(65(82)83)41-49(74)54(67-46(3)72)61(88-66)55(77)50(75)42-69/h37,39,47-52,54-64,69-71,73-75,77-81H,4-36,38,40-45H2,1-3H3,(H,67,72)(H,68,76)(H,82,83)/b39-37+. The van der Waals surface area contributed by atoms with Crippen LogP contribution in [-0.4, -0.2) is 215 Å². The zero-order valence-corrected chi connectivity index (χ0v) is 54.3. The molecule has 0 saturated carbocycles. The molecule has 89 heavy (non-hydrogen) atoms. The number of hydrogen-bond acceptors (Lipinski definition) is 20. The van der Waals surface area contributed by atoms with Gasteiger partial charge in [-0.3, -0.25) is 9.59 Å². The third-order valence-corrected chi connectivity index (χ3v) is 17.7. The lowest BCUT2D eigenvalue weighted by molar-refractivity contribution is -0.386. The van der Waals surface area contributed by atoms with Crippen molar-refractivity contribution in [3.8, 4) is 0 Å².